The van der Waals surface area contributed by atoms with Crippen molar-refractivity contribution in [1.29, 1.82) is 0 Å². The van der Waals surface area contributed by atoms with Crippen LogP contribution >= 0.6 is 15.9 Å². The normalized spacial score (nSPS) is 11.2. The maximum Gasteiger partial charge on any atom is 0.307 e. The highest BCUT2D eigenvalue weighted by Crippen LogP contribution is 2.20. The number of H-pyrrole nitrogens is 2. The predicted molar refractivity (Wildman–Crippen MR) is 122 cm³/mol. The second-order valence-electron chi connectivity index (χ2n) is 7.98. The third kappa shape index (κ3) is 5.43. The molecule has 2 heterocycles. The summed E-state index contributed by atoms with van der Waals surface area (Å²) < 4.78 is 0.885. The Morgan fingerprint density at radius 2 is 1.71 bits per heavy atom. The fourth-order valence-corrected chi connectivity index (χ4v) is 3.23. The lowest BCUT2D eigenvalue weighted by atomic mass is 9.95. The number of benzene rings is 2. The van der Waals surface area contributed by atoms with Gasteiger partial charge in [0.1, 0.15) is 5.82 Å². The van der Waals surface area contributed by atoms with Crippen molar-refractivity contribution in [3.05, 3.63) is 79.3 Å². The van der Waals surface area contributed by atoms with Crippen LogP contribution in [0.5, 0.6) is 0 Å². The van der Waals surface area contributed by atoms with Crippen molar-refractivity contribution in [2.24, 2.45) is 0 Å². The fraction of sp³-hybridized carbons (Fsp3) is 0.227. The molecule has 160 valence electrons. The highest BCUT2D eigenvalue weighted by atomic mass is 79.9. The van der Waals surface area contributed by atoms with Crippen LogP contribution in [-0.2, 0) is 16.6 Å². The Morgan fingerprint density at radius 1 is 1.03 bits per heavy atom. The first-order valence-electron chi connectivity index (χ1n) is 9.43. The number of nitrogens with one attached hydrogen (secondary N) is 2. The van der Waals surface area contributed by atoms with Gasteiger partial charge in [0.05, 0.1) is 34.6 Å². The summed E-state index contributed by atoms with van der Waals surface area (Å²) in [4.78, 5) is 47.4. The van der Waals surface area contributed by atoms with E-state index in [0.717, 1.165) is 9.99 Å². The molecule has 0 saturated heterocycles. The summed E-state index contributed by atoms with van der Waals surface area (Å²) in [7, 11) is 0. The van der Waals surface area contributed by atoms with E-state index in [1.807, 2.05) is 32.9 Å². The van der Waals surface area contributed by atoms with Gasteiger partial charge in [0.25, 0.3) is 11.1 Å². The molecule has 0 aliphatic rings. The first-order valence-corrected chi connectivity index (χ1v) is 10.2. The largest absolute Gasteiger partial charge is 0.481 e. The number of hydrogen-bond donors (Lipinski definition) is 3. The molecule has 4 aromatic rings. The standard InChI is InChI=1S/C12H13BrN2O.C10H8N2O3/c1-12(2,3)11-14-9-5-4-7(13)6-8(9)10(16)15-11;13-9(14)4-6-1-2-8-7(3-6)10(15)12-5-11-8/h4-6H,1-3H3,(H,14,15,16);1-3,5H,4H2,(H,13,14)(H,11,12,15). The van der Waals surface area contributed by atoms with Gasteiger partial charge in [-0.15, -0.1) is 0 Å². The van der Waals surface area contributed by atoms with Gasteiger partial charge in [0.2, 0.25) is 0 Å². The Labute approximate surface area is 185 Å². The van der Waals surface area contributed by atoms with E-state index >= 15 is 0 Å². The van der Waals surface area contributed by atoms with Crippen molar-refractivity contribution in [3.8, 4) is 0 Å². The lowest BCUT2D eigenvalue weighted by Gasteiger charge is -2.17. The summed E-state index contributed by atoms with van der Waals surface area (Å²) in [6, 6.07) is 10.4. The van der Waals surface area contributed by atoms with Gasteiger partial charge in [0, 0.05) is 9.89 Å². The molecule has 2 aromatic carbocycles. The van der Waals surface area contributed by atoms with Crippen molar-refractivity contribution >= 4 is 43.7 Å². The minimum Gasteiger partial charge on any atom is -0.481 e. The molecule has 2 aromatic heterocycles. The fourth-order valence-electron chi connectivity index (χ4n) is 2.87. The van der Waals surface area contributed by atoms with Crippen molar-refractivity contribution in [2.75, 3.05) is 0 Å². The Morgan fingerprint density at radius 3 is 2.39 bits per heavy atom. The molecular formula is C22H21BrN4O4. The number of fused-ring (bicyclic) bond motifs is 2. The van der Waals surface area contributed by atoms with E-state index in [0.29, 0.717) is 27.7 Å². The number of carboxylic acid groups (broad SMARTS) is 1. The summed E-state index contributed by atoms with van der Waals surface area (Å²) in [5, 5.41) is 9.63. The van der Waals surface area contributed by atoms with Crippen molar-refractivity contribution in [2.45, 2.75) is 32.6 Å². The van der Waals surface area contributed by atoms with Crippen LogP contribution < -0.4 is 11.1 Å². The summed E-state index contributed by atoms with van der Waals surface area (Å²) in [5.41, 5.74) is 1.39. The molecule has 0 bridgehead atoms. The Hall–Kier alpha value is -3.33. The van der Waals surface area contributed by atoms with Gasteiger partial charge >= 0.3 is 5.97 Å². The number of halogens is 1. The molecule has 3 N–H and O–H groups in total. The Balaban J connectivity index is 0.000000176. The van der Waals surface area contributed by atoms with Gasteiger partial charge in [-0.1, -0.05) is 42.8 Å². The lowest BCUT2D eigenvalue weighted by molar-refractivity contribution is -0.136. The van der Waals surface area contributed by atoms with Crippen molar-refractivity contribution < 1.29 is 9.90 Å². The number of hydrogen-bond acceptors (Lipinski definition) is 5. The van der Waals surface area contributed by atoms with Crippen molar-refractivity contribution in [3.63, 3.8) is 0 Å². The number of rotatable bonds is 2. The number of nitrogens with zero attached hydrogens (tertiary/aromatic N) is 2. The topological polar surface area (TPSA) is 129 Å². The summed E-state index contributed by atoms with van der Waals surface area (Å²) in [6.45, 7) is 6.07. The summed E-state index contributed by atoms with van der Waals surface area (Å²) in [6.07, 6.45) is 1.23. The molecule has 0 unspecified atom stereocenters. The molecule has 8 nitrogen and oxygen atoms in total. The average Bonchev–Trinajstić information content (AvgIpc) is 2.68. The summed E-state index contributed by atoms with van der Waals surface area (Å²) >= 11 is 3.34. The van der Waals surface area contributed by atoms with Crippen LogP contribution in [0.1, 0.15) is 32.2 Å². The molecule has 4 rings (SSSR count). The lowest BCUT2D eigenvalue weighted by Crippen LogP contribution is -2.22. The predicted octanol–water partition coefficient (Wildman–Crippen LogP) is 3.53. The monoisotopic (exact) mass is 484 g/mol. The molecule has 0 radical (unpaired) electrons. The van der Waals surface area contributed by atoms with E-state index in [2.05, 4.69) is 35.9 Å². The van der Waals surface area contributed by atoms with E-state index in [9.17, 15) is 14.4 Å². The molecule has 9 heteroatoms. The number of carbonyl (C=O) groups is 1. The second kappa shape index (κ2) is 8.81. The molecule has 31 heavy (non-hydrogen) atoms. The molecule has 0 spiro atoms. The van der Waals surface area contributed by atoms with Gasteiger partial charge < -0.3 is 15.1 Å². The van der Waals surface area contributed by atoms with E-state index in [1.165, 1.54) is 6.33 Å². The zero-order valence-electron chi connectivity index (χ0n) is 17.2. The van der Waals surface area contributed by atoms with Gasteiger partial charge in [-0.2, -0.15) is 0 Å². The van der Waals surface area contributed by atoms with Crippen LogP contribution in [0.2, 0.25) is 0 Å². The summed E-state index contributed by atoms with van der Waals surface area (Å²) in [5.74, 6) is -0.206. The quantitative estimate of drug-likeness (QED) is 0.399. The molecule has 0 aliphatic heterocycles. The first-order chi connectivity index (χ1) is 14.5. The minimum absolute atomic E-state index is 0.0868. The van der Waals surface area contributed by atoms with Crippen LogP contribution in [0.3, 0.4) is 0 Å². The van der Waals surface area contributed by atoms with E-state index in [1.54, 1.807) is 24.3 Å². The maximum absolute atomic E-state index is 11.9. The minimum atomic E-state index is -0.922. The van der Waals surface area contributed by atoms with Crippen LogP contribution in [0.4, 0.5) is 0 Å². The maximum atomic E-state index is 11.9. The van der Waals surface area contributed by atoms with E-state index in [-0.39, 0.29) is 23.0 Å². The number of aliphatic carboxylic acids is 1. The molecule has 0 fully saturated rings. The zero-order chi connectivity index (χ0) is 22.8. The molecule has 0 atom stereocenters. The van der Waals surface area contributed by atoms with Gasteiger partial charge in [0.15, 0.2) is 0 Å². The second-order valence-corrected chi connectivity index (χ2v) is 8.90. The first kappa shape index (κ1) is 22.4. The number of carboxylic acids is 1. The smallest absolute Gasteiger partial charge is 0.307 e. The number of aromatic amines is 2. The molecule has 0 amide bonds. The van der Waals surface area contributed by atoms with Crippen LogP contribution in [-0.4, -0.2) is 31.0 Å². The number of aromatic nitrogens is 4. The Bertz CT molecular complexity index is 1390. The van der Waals surface area contributed by atoms with Gasteiger partial charge in [-0.25, -0.2) is 9.97 Å². The average molecular weight is 485 g/mol. The Kier molecular flexibility index (Phi) is 6.35. The highest BCUT2D eigenvalue weighted by molar-refractivity contribution is 9.10. The van der Waals surface area contributed by atoms with Crippen LogP contribution in [0, 0.1) is 0 Å². The third-order valence-electron chi connectivity index (χ3n) is 4.44. The van der Waals surface area contributed by atoms with Gasteiger partial charge in [-0.05, 0) is 35.9 Å². The van der Waals surface area contributed by atoms with Crippen LogP contribution in [0.15, 0.2) is 56.8 Å². The molecule has 0 aliphatic carbocycles. The zero-order valence-corrected chi connectivity index (χ0v) is 18.8. The molecular weight excluding hydrogens is 464 g/mol. The van der Waals surface area contributed by atoms with E-state index < -0.39 is 5.97 Å². The van der Waals surface area contributed by atoms with Gasteiger partial charge in [-0.3, -0.25) is 14.4 Å². The van der Waals surface area contributed by atoms with Crippen LogP contribution in [0.25, 0.3) is 21.8 Å². The SMILES string of the molecule is CC(C)(C)c1nc2ccc(Br)cc2c(=O)[nH]1.O=C(O)Cc1ccc2nc[nH]c(=O)c2c1. The molecule has 0 saturated carbocycles. The third-order valence-corrected chi connectivity index (χ3v) is 4.93. The highest BCUT2D eigenvalue weighted by Gasteiger charge is 2.17. The van der Waals surface area contributed by atoms with Crippen molar-refractivity contribution in [1.82, 2.24) is 19.9 Å². The van der Waals surface area contributed by atoms with E-state index in [4.69, 9.17) is 5.11 Å².